The third kappa shape index (κ3) is 5.80. The number of carbonyl (C=O) groups excluding carboxylic acids is 3. The number of carbonyl (C=O) groups is 3. The standard InChI is InChI=1S/C28H32N4O4S/c1-4-36-22-12-10-21(11-13-22)32-25(33)15-24(28(32)35)31(20-8-6-5-7-9-20)26(34)17-37-27-23(16-29)18(2)14-19(3)30-27/h10-14,20,24H,4-9,15,17H2,1-3H3. The molecular formula is C28H32N4O4S. The van der Waals surface area contributed by atoms with Crippen molar-refractivity contribution in [2.45, 2.75) is 76.4 Å². The smallest absolute Gasteiger partial charge is 0.257 e. The Labute approximate surface area is 222 Å². The minimum Gasteiger partial charge on any atom is -0.494 e. The van der Waals surface area contributed by atoms with Crippen molar-refractivity contribution in [2.24, 2.45) is 0 Å². The molecule has 194 valence electrons. The summed E-state index contributed by atoms with van der Waals surface area (Å²) in [6.45, 7) is 6.11. The van der Waals surface area contributed by atoms with E-state index < -0.39 is 6.04 Å². The fourth-order valence-corrected chi connectivity index (χ4v) is 6.17. The highest BCUT2D eigenvalue weighted by Crippen LogP contribution is 2.33. The molecule has 0 spiro atoms. The molecule has 1 unspecified atom stereocenters. The molecule has 37 heavy (non-hydrogen) atoms. The van der Waals surface area contributed by atoms with Crippen LogP contribution < -0.4 is 9.64 Å². The molecule has 1 atom stereocenters. The van der Waals surface area contributed by atoms with E-state index in [2.05, 4.69) is 11.1 Å². The minimum absolute atomic E-state index is 0.0375. The first-order chi connectivity index (χ1) is 17.8. The lowest BCUT2D eigenvalue weighted by atomic mass is 9.92. The number of hydrogen-bond donors (Lipinski definition) is 0. The van der Waals surface area contributed by atoms with Gasteiger partial charge in [0.2, 0.25) is 11.8 Å². The van der Waals surface area contributed by atoms with E-state index in [1.54, 1.807) is 29.2 Å². The molecule has 1 saturated heterocycles. The highest BCUT2D eigenvalue weighted by Gasteiger charge is 2.46. The number of amides is 3. The van der Waals surface area contributed by atoms with Gasteiger partial charge in [0.25, 0.3) is 5.91 Å². The number of rotatable bonds is 8. The van der Waals surface area contributed by atoms with Crippen molar-refractivity contribution in [1.29, 1.82) is 5.26 Å². The van der Waals surface area contributed by atoms with E-state index in [1.807, 2.05) is 26.8 Å². The van der Waals surface area contributed by atoms with Gasteiger partial charge in [0.05, 0.1) is 30.0 Å². The van der Waals surface area contributed by atoms with Gasteiger partial charge in [-0.05, 0) is 69.5 Å². The maximum Gasteiger partial charge on any atom is 0.257 e. The van der Waals surface area contributed by atoms with Gasteiger partial charge >= 0.3 is 0 Å². The maximum absolute atomic E-state index is 13.7. The number of aromatic nitrogens is 1. The summed E-state index contributed by atoms with van der Waals surface area (Å²) < 4.78 is 5.47. The number of ether oxygens (including phenoxy) is 1. The summed E-state index contributed by atoms with van der Waals surface area (Å²) in [5.74, 6) is -0.193. The number of nitriles is 1. The molecule has 1 aliphatic heterocycles. The van der Waals surface area contributed by atoms with Crippen LogP contribution >= 0.6 is 11.8 Å². The Kier molecular flexibility index (Phi) is 8.49. The van der Waals surface area contributed by atoms with E-state index in [1.165, 1.54) is 16.7 Å². The van der Waals surface area contributed by atoms with Crippen molar-refractivity contribution >= 4 is 35.2 Å². The number of thioether (sulfide) groups is 1. The van der Waals surface area contributed by atoms with E-state index in [9.17, 15) is 19.6 Å². The molecule has 1 aromatic heterocycles. The van der Waals surface area contributed by atoms with Crippen LogP contribution in [0.1, 0.15) is 62.3 Å². The first-order valence-corrected chi connectivity index (χ1v) is 13.7. The summed E-state index contributed by atoms with van der Waals surface area (Å²) in [6.07, 6.45) is 4.64. The van der Waals surface area contributed by atoms with Gasteiger partial charge in [0.15, 0.2) is 0 Å². The van der Waals surface area contributed by atoms with E-state index in [0.717, 1.165) is 43.4 Å². The van der Waals surface area contributed by atoms with Crippen LogP contribution in [-0.2, 0) is 14.4 Å². The third-order valence-corrected chi connectivity index (χ3v) is 7.84. The Hall–Kier alpha value is -3.38. The number of aryl methyl sites for hydroxylation is 2. The Morgan fingerprint density at radius 3 is 2.54 bits per heavy atom. The SMILES string of the molecule is CCOc1ccc(N2C(=O)CC(N(C(=O)CSc3nc(C)cc(C)c3C#N)C3CCCCC3)C2=O)cc1. The van der Waals surface area contributed by atoms with Crippen LogP contribution in [0.4, 0.5) is 5.69 Å². The van der Waals surface area contributed by atoms with Gasteiger partial charge in [-0.1, -0.05) is 31.0 Å². The summed E-state index contributed by atoms with van der Waals surface area (Å²) in [7, 11) is 0. The molecule has 0 N–H and O–H groups in total. The third-order valence-electron chi connectivity index (χ3n) is 6.88. The van der Waals surface area contributed by atoms with Gasteiger partial charge in [-0.15, -0.1) is 0 Å². The molecule has 8 nitrogen and oxygen atoms in total. The lowest BCUT2D eigenvalue weighted by Gasteiger charge is -2.37. The molecule has 1 aliphatic carbocycles. The van der Waals surface area contributed by atoms with E-state index in [-0.39, 0.29) is 35.9 Å². The van der Waals surface area contributed by atoms with Gasteiger partial charge in [0, 0.05) is 11.7 Å². The van der Waals surface area contributed by atoms with E-state index in [0.29, 0.717) is 28.6 Å². The summed E-state index contributed by atoms with van der Waals surface area (Å²) in [6, 6.07) is 9.96. The monoisotopic (exact) mass is 520 g/mol. The van der Waals surface area contributed by atoms with Crippen molar-refractivity contribution < 1.29 is 19.1 Å². The van der Waals surface area contributed by atoms with Gasteiger partial charge in [-0.25, -0.2) is 9.88 Å². The van der Waals surface area contributed by atoms with Crippen LogP contribution in [0.3, 0.4) is 0 Å². The van der Waals surface area contributed by atoms with Gasteiger partial charge < -0.3 is 9.64 Å². The Morgan fingerprint density at radius 1 is 1.19 bits per heavy atom. The highest BCUT2D eigenvalue weighted by molar-refractivity contribution is 8.00. The molecule has 3 amide bonds. The van der Waals surface area contributed by atoms with Crippen molar-refractivity contribution in [3.05, 3.63) is 47.2 Å². The normalized spacial score (nSPS) is 18.1. The van der Waals surface area contributed by atoms with Crippen LogP contribution in [-0.4, -0.2) is 52.0 Å². The number of nitrogens with zero attached hydrogens (tertiary/aromatic N) is 4. The van der Waals surface area contributed by atoms with Crippen molar-refractivity contribution in [3.63, 3.8) is 0 Å². The molecular weight excluding hydrogens is 488 g/mol. The number of hydrogen-bond acceptors (Lipinski definition) is 7. The molecule has 2 aliphatic rings. The second-order valence-electron chi connectivity index (χ2n) is 9.47. The van der Waals surface area contributed by atoms with Gasteiger partial charge in [-0.2, -0.15) is 5.26 Å². The van der Waals surface area contributed by atoms with Crippen LogP contribution in [0.15, 0.2) is 35.4 Å². The Bertz CT molecular complexity index is 1220. The van der Waals surface area contributed by atoms with Crippen molar-refractivity contribution in [1.82, 2.24) is 9.88 Å². The predicted molar refractivity (Wildman–Crippen MR) is 141 cm³/mol. The van der Waals surface area contributed by atoms with E-state index in [4.69, 9.17) is 4.74 Å². The summed E-state index contributed by atoms with van der Waals surface area (Å²) >= 11 is 1.22. The predicted octanol–water partition coefficient (Wildman–Crippen LogP) is 4.55. The summed E-state index contributed by atoms with van der Waals surface area (Å²) in [5, 5.41) is 10.1. The lowest BCUT2D eigenvalue weighted by molar-refractivity contribution is -0.139. The maximum atomic E-state index is 13.7. The molecule has 4 rings (SSSR count). The van der Waals surface area contributed by atoms with Crippen LogP contribution in [0.2, 0.25) is 0 Å². The number of benzene rings is 1. The first kappa shape index (κ1) is 26.7. The van der Waals surface area contributed by atoms with Gasteiger partial charge in [-0.3, -0.25) is 14.4 Å². The van der Waals surface area contributed by atoms with Crippen molar-refractivity contribution in [2.75, 3.05) is 17.3 Å². The molecule has 2 heterocycles. The average molecular weight is 521 g/mol. The molecule has 0 bridgehead atoms. The topological polar surface area (TPSA) is 104 Å². The molecule has 2 aromatic rings. The second kappa shape index (κ2) is 11.8. The van der Waals surface area contributed by atoms with Gasteiger partial charge in [0.1, 0.15) is 22.9 Å². The summed E-state index contributed by atoms with van der Waals surface area (Å²) in [5.41, 5.74) is 2.53. The zero-order valence-corrected chi connectivity index (χ0v) is 22.3. The van der Waals surface area contributed by atoms with Crippen LogP contribution in [0.5, 0.6) is 5.75 Å². The Balaban J connectivity index is 1.57. The number of anilines is 1. The Morgan fingerprint density at radius 2 is 1.89 bits per heavy atom. The number of pyridine rings is 1. The first-order valence-electron chi connectivity index (χ1n) is 12.8. The minimum atomic E-state index is -0.835. The van der Waals surface area contributed by atoms with Crippen LogP contribution in [0.25, 0.3) is 0 Å². The summed E-state index contributed by atoms with van der Waals surface area (Å²) in [4.78, 5) is 47.6. The van der Waals surface area contributed by atoms with E-state index >= 15 is 0 Å². The highest BCUT2D eigenvalue weighted by atomic mass is 32.2. The number of imide groups is 1. The zero-order valence-electron chi connectivity index (χ0n) is 21.5. The average Bonchev–Trinajstić information content (AvgIpc) is 3.17. The second-order valence-corrected chi connectivity index (χ2v) is 10.4. The quantitative estimate of drug-likeness (QED) is 0.371. The molecule has 9 heteroatoms. The largest absolute Gasteiger partial charge is 0.494 e. The molecule has 0 radical (unpaired) electrons. The van der Waals surface area contributed by atoms with Crippen LogP contribution in [0, 0.1) is 25.2 Å². The molecule has 1 aromatic carbocycles. The van der Waals surface area contributed by atoms with Crippen molar-refractivity contribution in [3.8, 4) is 11.8 Å². The fraction of sp³-hybridized carbons (Fsp3) is 0.464. The fourth-order valence-electron chi connectivity index (χ4n) is 5.20. The zero-order chi connectivity index (χ0) is 26.5. The lowest BCUT2D eigenvalue weighted by Crippen LogP contribution is -2.52. The molecule has 1 saturated carbocycles. The molecule has 2 fully saturated rings.